The molecule has 5 heterocycles. The first-order valence-electron chi connectivity index (χ1n) is 10.9. The lowest BCUT2D eigenvalue weighted by molar-refractivity contribution is -0.128. The Bertz CT molecular complexity index is 940. The molecule has 1 spiro atoms. The van der Waals surface area contributed by atoms with Gasteiger partial charge in [0.1, 0.15) is 11.3 Å². The third-order valence-corrected chi connectivity index (χ3v) is 7.31. The van der Waals surface area contributed by atoms with Crippen molar-refractivity contribution in [1.29, 1.82) is 0 Å². The zero-order valence-corrected chi connectivity index (χ0v) is 18.2. The van der Waals surface area contributed by atoms with E-state index in [-0.39, 0.29) is 17.7 Å². The number of fused-ring (bicyclic) bond motifs is 1. The van der Waals surface area contributed by atoms with Crippen molar-refractivity contribution in [3.8, 4) is 0 Å². The monoisotopic (exact) mass is 445 g/mol. The predicted molar refractivity (Wildman–Crippen MR) is 112 cm³/mol. The van der Waals surface area contributed by atoms with Gasteiger partial charge in [0.2, 0.25) is 5.91 Å². The molecule has 2 fully saturated rings. The minimum Gasteiger partial charge on any atom is -0.381 e. The summed E-state index contributed by atoms with van der Waals surface area (Å²) in [4.78, 5) is 27.9. The maximum atomic E-state index is 12.8. The highest BCUT2D eigenvalue weighted by Crippen LogP contribution is 2.33. The van der Waals surface area contributed by atoms with E-state index in [1.807, 2.05) is 27.1 Å². The largest absolute Gasteiger partial charge is 0.381 e. The molecule has 2 aromatic rings. The van der Waals surface area contributed by atoms with Crippen LogP contribution in [0.2, 0.25) is 0 Å². The fraction of sp³-hybridized carbons (Fsp3) is 0.619. The molecule has 166 valence electrons. The van der Waals surface area contributed by atoms with E-state index in [4.69, 9.17) is 9.47 Å². The number of likely N-dealkylation sites (tertiary alicyclic amines) is 1. The lowest BCUT2D eigenvalue weighted by atomic mass is 9.91. The maximum absolute atomic E-state index is 12.8. The van der Waals surface area contributed by atoms with Gasteiger partial charge in [0.15, 0.2) is 0 Å². The van der Waals surface area contributed by atoms with Crippen molar-refractivity contribution < 1.29 is 19.1 Å². The number of nitrogens with one attached hydrogen (secondary N) is 1. The van der Waals surface area contributed by atoms with Crippen LogP contribution >= 0.6 is 11.3 Å². The summed E-state index contributed by atoms with van der Waals surface area (Å²) in [5.74, 6) is 0.126. The quantitative estimate of drug-likeness (QED) is 0.767. The van der Waals surface area contributed by atoms with Crippen LogP contribution in [0.3, 0.4) is 0 Å². The number of nitrogens with zero attached hydrogens (tertiary/aromatic N) is 4. The fourth-order valence-electron chi connectivity index (χ4n) is 4.68. The molecule has 3 aliphatic heterocycles. The number of rotatable bonds is 4. The van der Waals surface area contributed by atoms with Crippen molar-refractivity contribution in [3.63, 3.8) is 0 Å². The normalized spacial score (nSPS) is 24.2. The highest BCUT2D eigenvalue weighted by atomic mass is 32.1. The standard InChI is InChI=1S/C21H27N5O4S/c27-19(15-4-8-29-9-5-15)22-11-16-17-12-30-21(14-26(17)24-23-16)6-2-7-25(13-21)20(28)18-3-1-10-31-18/h1,3,10,15H,2,4-9,11-14H2,(H,22,27). The van der Waals surface area contributed by atoms with Crippen molar-refractivity contribution in [3.05, 3.63) is 33.8 Å². The van der Waals surface area contributed by atoms with E-state index in [1.54, 1.807) is 0 Å². The molecule has 10 heteroatoms. The van der Waals surface area contributed by atoms with Gasteiger partial charge in [0, 0.05) is 25.7 Å². The highest BCUT2D eigenvalue weighted by Gasteiger charge is 2.42. The van der Waals surface area contributed by atoms with E-state index >= 15 is 0 Å². The second-order valence-electron chi connectivity index (χ2n) is 8.52. The summed E-state index contributed by atoms with van der Waals surface area (Å²) < 4.78 is 13.5. The summed E-state index contributed by atoms with van der Waals surface area (Å²) in [5.41, 5.74) is 1.21. The van der Waals surface area contributed by atoms with Gasteiger partial charge in [0.05, 0.1) is 36.8 Å². The average molecular weight is 446 g/mol. The van der Waals surface area contributed by atoms with Gasteiger partial charge in [-0.2, -0.15) is 0 Å². The molecule has 1 N–H and O–H groups in total. The fourth-order valence-corrected chi connectivity index (χ4v) is 5.37. The van der Waals surface area contributed by atoms with Crippen molar-refractivity contribution in [1.82, 2.24) is 25.2 Å². The molecular formula is C21H27N5O4S. The van der Waals surface area contributed by atoms with Gasteiger partial charge in [-0.25, -0.2) is 4.68 Å². The minimum atomic E-state index is -0.436. The summed E-state index contributed by atoms with van der Waals surface area (Å²) in [6.45, 7) is 3.89. The Morgan fingerprint density at radius 3 is 2.97 bits per heavy atom. The molecule has 2 amide bonds. The Hall–Kier alpha value is -2.30. The van der Waals surface area contributed by atoms with Gasteiger partial charge >= 0.3 is 0 Å². The SMILES string of the molecule is O=C(NCc1nnn2c1COC1(CCCN(C(=O)c3cccs3)C1)C2)C1CCOCC1. The van der Waals surface area contributed by atoms with Crippen LogP contribution in [0.1, 0.15) is 46.7 Å². The van der Waals surface area contributed by atoms with Gasteiger partial charge in [-0.15, -0.1) is 16.4 Å². The smallest absolute Gasteiger partial charge is 0.264 e. The van der Waals surface area contributed by atoms with Gasteiger partial charge in [0.25, 0.3) is 5.91 Å². The molecule has 1 atom stereocenters. The zero-order chi connectivity index (χ0) is 21.3. The minimum absolute atomic E-state index is 0.00812. The highest BCUT2D eigenvalue weighted by molar-refractivity contribution is 7.12. The number of hydrogen-bond donors (Lipinski definition) is 1. The van der Waals surface area contributed by atoms with Crippen LogP contribution in [0.4, 0.5) is 0 Å². The summed E-state index contributed by atoms with van der Waals surface area (Å²) in [5, 5.41) is 13.6. The molecule has 31 heavy (non-hydrogen) atoms. The Morgan fingerprint density at radius 1 is 1.29 bits per heavy atom. The lowest BCUT2D eigenvalue weighted by Crippen LogP contribution is -2.55. The number of hydrogen-bond acceptors (Lipinski definition) is 7. The van der Waals surface area contributed by atoms with E-state index in [0.29, 0.717) is 39.5 Å². The van der Waals surface area contributed by atoms with E-state index in [1.165, 1.54) is 11.3 Å². The summed E-state index contributed by atoms with van der Waals surface area (Å²) in [7, 11) is 0. The van der Waals surface area contributed by atoms with Crippen LogP contribution in [0.5, 0.6) is 0 Å². The Morgan fingerprint density at radius 2 is 2.16 bits per heavy atom. The molecule has 5 rings (SSSR count). The van der Waals surface area contributed by atoms with Gasteiger partial charge in [-0.1, -0.05) is 11.3 Å². The molecule has 0 bridgehead atoms. The number of piperidine rings is 1. The lowest BCUT2D eigenvalue weighted by Gasteiger charge is -2.44. The Labute approximate surface area is 184 Å². The topological polar surface area (TPSA) is 98.6 Å². The number of carbonyl (C=O) groups excluding carboxylic acids is 2. The predicted octanol–water partition coefficient (Wildman–Crippen LogP) is 1.59. The van der Waals surface area contributed by atoms with Gasteiger partial charge in [-0.05, 0) is 37.1 Å². The van der Waals surface area contributed by atoms with Gasteiger partial charge in [-0.3, -0.25) is 9.59 Å². The van der Waals surface area contributed by atoms with Crippen molar-refractivity contribution in [2.45, 2.75) is 51.0 Å². The van der Waals surface area contributed by atoms with Gasteiger partial charge < -0.3 is 19.7 Å². The molecular weight excluding hydrogens is 418 g/mol. The number of amides is 2. The van der Waals surface area contributed by atoms with Crippen molar-refractivity contribution >= 4 is 23.2 Å². The molecule has 1 unspecified atom stereocenters. The van der Waals surface area contributed by atoms with E-state index in [0.717, 1.165) is 48.5 Å². The molecule has 0 aromatic carbocycles. The average Bonchev–Trinajstić information content (AvgIpc) is 3.47. The maximum Gasteiger partial charge on any atom is 0.264 e. The molecule has 2 saturated heterocycles. The van der Waals surface area contributed by atoms with Crippen LogP contribution in [0, 0.1) is 5.92 Å². The summed E-state index contributed by atoms with van der Waals surface area (Å²) >= 11 is 1.47. The van der Waals surface area contributed by atoms with Crippen LogP contribution < -0.4 is 5.32 Å². The van der Waals surface area contributed by atoms with Crippen molar-refractivity contribution in [2.24, 2.45) is 5.92 Å². The summed E-state index contributed by atoms with van der Waals surface area (Å²) in [6, 6.07) is 3.77. The Kier molecular flexibility index (Phi) is 5.77. The first-order chi connectivity index (χ1) is 15.1. The molecule has 0 saturated carbocycles. The second kappa shape index (κ2) is 8.68. The van der Waals surface area contributed by atoms with E-state index < -0.39 is 5.60 Å². The zero-order valence-electron chi connectivity index (χ0n) is 17.4. The van der Waals surface area contributed by atoms with Crippen LogP contribution in [0.15, 0.2) is 17.5 Å². The number of carbonyl (C=O) groups is 2. The number of thiophene rings is 1. The molecule has 0 radical (unpaired) electrons. The molecule has 9 nitrogen and oxygen atoms in total. The van der Waals surface area contributed by atoms with Crippen LogP contribution in [0.25, 0.3) is 0 Å². The van der Waals surface area contributed by atoms with Crippen LogP contribution in [-0.4, -0.2) is 63.6 Å². The Balaban J connectivity index is 1.22. The second-order valence-corrected chi connectivity index (χ2v) is 9.47. The molecule has 3 aliphatic rings. The van der Waals surface area contributed by atoms with Crippen LogP contribution in [-0.2, 0) is 34.0 Å². The summed E-state index contributed by atoms with van der Waals surface area (Å²) in [6.07, 6.45) is 3.31. The first-order valence-corrected chi connectivity index (χ1v) is 11.7. The number of ether oxygens (including phenoxy) is 2. The van der Waals surface area contributed by atoms with E-state index in [9.17, 15) is 9.59 Å². The van der Waals surface area contributed by atoms with E-state index in [2.05, 4.69) is 15.6 Å². The first kappa shape index (κ1) is 20.6. The molecule has 0 aliphatic carbocycles. The molecule has 2 aromatic heterocycles. The third kappa shape index (κ3) is 4.24. The number of aromatic nitrogens is 3. The third-order valence-electron chi connectivity index (χ3n) is 6.45. The van der Waals surface area contributed by atoms with Crippen molar-refractivity contribution in [2.75, 3.05) is 26.3 Å².